The van der Waals surface area contributed by atoms with Gasteiger partial charge >= 0.3 is 0 Å². The number of aromatic nitrogens is 1. The molecule has 0 aliphatic carbocycles. The molecule has 0 aliphatic heterocycles. The number of sulfonamides is 1. The minimum absolute atomic E-state index is 0.267. The third-order valence-electron chi connectivity index (χ3n) is 3.67. The van der Waals surface area contributed by atoms with Gasteiger partial charge in [0, 0.05) is 18.1 Å². The molecule has 0 atom stereocenters. The van der Waals surface area contributed by atoms with Gasteiger partial charge in [-0.3, -0.25) is 14.1 Å². The maximum Gasteiger partial charge on any atom is 0.240 e. The second-order valence-corrected chi connectivity index (χ2v) is 8.04. The predicted octanol–water partition coefficient (Wildman–Crippen LogP) is 1.07. The zero-order valence-electron chi connectivity index (χ0n) is 14.8. The molecule has 136 valence electrons. The average Bonchev–Trinajstić information content (AvgIpc) is 2.55. The van der Waals surface area contributed by atoms with Gasteiger partial charge in [0.05, 0.1) is 17.5 Å². The van der Waals surface area contributed by atoms with E-state index in [1.165, 1.54) is 0 Å². The van der Waals surface area contributed by atoms with E-state index in [9.17, 15) is 13.2 Å². The van der Waals surface area contributed by atoms with Crippen LogP contribution in [0.25, 0.3) is 10.9 Å². The second-order valence-electron chi connectivity index (χ2n) is 6.13. The molecule has 2 rings (SSSR count). The number of para-hydroxylation sites is 1. The van der Waals surface area contributed by atoms with Gasteiger partial charge in [0.2, 0.25) is 15.9 Å². The van der Waals surface area contributed by atoms with Crippen molar-refractivity contribution in [3.63, 3.8) is 0 Å². The summed E-state index contributed by atoms with van der Waals surface area (Å²) in [6.45, 7) is 1.09. The van der Waals surface area contributed by atoms with Gasteiger partial charge in [0.15, 0.2) is 0 Å². The van der Waals surface area contributed by atoms with Crippen LogP contribution in [-0.4, -0.2) is 64.2 Å². The Bertz CT molecular complexity index is 831. The average molecular weight is 364 g/mol. The van der Waals surface area contributed by atoms with E-state index in [0.29, 0.717) is 17.7 Å². The van der Waals surface area contributed by atoms with E-state index in [2.05, 4.69) is 10.3 Å². The Morgan fingerprint density at radius 3 is 2.60 bits per heavy atom. The van der Waals surface area contributed by atoms with Gasteiger partial charge in [-0.15, -0.1) is 0 Å². The molecule has 1 aromatic carbocycles. The number of anilines is 1. The molecule has 0 aliphatic rings. The fourth-order valence-corrected chi connectivity index (χ4v) is 3.34. The number of amides is 1. The van der Waals surface area contributed by atoms with E-state index >= 15 is 0 Å². The first kappa shape index (κ1) is 19.1. The van der Waals surface area contributed by atoms with Crippen LogP contribution in [-0.2, 0) is 14.8 Å². The number of carbonyl (C=O) groups is 1. The lowest BCUT2D eigenvalue weighted by atomic mass is 10.2. The van der Waals surface area contributed by atoms with Crippen molar-refractivity contribution in [3.05, 3.63) is 36.5 Å². The standard InChI is InChI=1S/C17H24N4O3S/c1-20(2)12-6-11-18-16(22)13-21(25(3,23)24)15-9-4-7-14-8-5-10-19-17(14)15/h4-5,7-10H,6,11-13H2,1-3H3,(H,18,22). The molecule has 1 aromatic heterocycles. The molecule has 1 heterocycles. The maximum atomic E-state index is 12.2. The number of hydrogen-bond donors (Lipinski definition) is 1. The van der Waals surface area contributed by atoms with Gasteiger partial charge in [-0.2, -0.15) is 0 Å². The van der Waals surface area contributed by atoms with Gasteiger partial charge in [-0.25, -0.2) is 8.42 Å². The van der Waals surface area contributed by atoms with Crippen LogP contribution in [0, 0.1) is 0 Å². The van der Waals surface area contributed by atoms with Crippen LogP contribution >= 0.6 is 0 Å². The number of rotatable bonds is 8. The van der Waals surface area contributed by atoms with Crippen molar-refractivity contribution < 1.29 is 13.2 Å². The quantitative estimate of drug-likeness (QED) is 0.709. The molecule has 0 saturated carbocycles. The summed E-state index contributed by atoms with van der Waals surface area (Å²) >= 11 is 0. The lowest BCUT2D eigenvalue weighted by Crippen LogP contribution is -2.41. The fraction of sp³-hybridized carbons (Fsp3) is 0.412. The highest BCUT2D eigenvalue weighted by atomic mass is 32.2. The Labute approximate surface area is 148 Å². The van der Waals surface area contributed by atoms with E-state index < -0.39 is 10.0 Å². The molecule has 25 heavy (non-hydrogen) atoms. The van der Waals surface area contributed by atoms with Crippen LogP contribution in [0.1, 0.15) is 6.42 Å². The second kappa shape index (κ2) is 8.26. The number of pyridine rings is 1. The van der Waals surface area contributed by atoms with Crippen LogP contribution in [0.5, 0.6) is 0 Å². The highest BCUT2D eigenvalue weighted by molar-refractivity contribution is 7.92. The molecular weight excluding hydrogens is 340 g/mol. The van der Waals surface area contributed by atoms with E-state index in [4.69, 9.17) is 0 Å². The molecule has 2 aromatic rings. The number of carbonyl (C=O) groups excluding carboxylic acids is 1. The number of benzene rings is 1. The first-order valence-corrected chi connectivity index (χ1v) is 9.87. The normalized spacial score (nSPS) is 11.7. The lowest BCUT2D eigenvalue weighted by Gasteiger charge is -2.23. The molecule has 0 radical (unpaired) electrons. The van der Waals surface area contributed by atoms with E-state index in [-0.39, 0.29) is 12.5 Å². The summed E-state index contributed by atoms with van der Waals surface area (Å²) in [4.78, 5) is 18.5. The summed E-state index contributed by atoms with van der Waals surface area (Å²) in [5.74, 6) is -0.336. The predicted molar refractivity (Wildman–Crippen MR) is 100 cm³/mol. The van der Waals surface area contributed by atoms with Gasteiger partial charge < -0.3 is 10.2 Å². The van der Waals surface area contributed by atoms with Crippen molar-refractivity contribution in [2.24, 2.45) is 0 Å². The highest BCUT2D eigenvalue weighted by Gasteiger charge is 2.22. The molecule has 1 amide bonds. The van der Waals surface area contributed by atoms with Gasteiger partial charge in [-0.1, -0.05) is 18.2 Å². The summed E-state index contributed by atoms with van der Waals surface area (Å²) in [6.07, 6.45) is 3.50. The van der Waals surface area contributed by atoms with Crippen molar-refractivity contribution in [2.45, 2.75) is 6.42 Å². The Balaban J connectivity index is 2.18. The van der Waals surface area contributed by atoms with Gasteiger partial charge in [-0.05, 0) is 39.2 Å². The van der Waals surface area contributed by atoms with Crippen molar-refractivity contribution >= 4 is 32.5 Å². The summed E-state index contributed by atoms with van der Waals surface area (Å²) in [6, 6.07) is 8.91. The third-order valence-corrected chi connectivity index (χ3v) is 4.80. The SMILES string of the molecule is CN(C)CCCNC(=O)CN(c1cccc2cccnc12)S(C)(=O)=O. The van der Waals surface area contributed by atoms with Crippen molar-refractivity contribution in [1.82, 2.24) is 15.2 Å². The molecule has 0 unspecified atom stereocenters. The first-order chi connectivity index (χ1) is 11.8. The number of hydrogen-bond acceptors (Lipinski definition) is 5. The third kappa shape index (κ3) is 5.40. The molecule has 7 nitrogen and oxygen atoms in total. The smallest absolute Gasteiger partial charge is 0.240 e. The lowest BCUT2D eigenvalue weighted by molar-refractivity contribution is -0.119. The van der Waals surface area contributed by atoms with E-state index in [1.54, 1.807) is 24.4 Å². The summed E-state index contributed by atoms with van der Waals surface area (Å²) < 4.78 is 25.6. The Morgan fingerprint density at radius 1 is 1.20 bits per heavy atom. The van der Waals surface area contributed by atoms with Crippen LogP contribution in [0.2, 0.25) is 0 Å². The van der Waals surface area contributed by atoms with Crippen LogP contribution in [0.3, 0.4) is 0 Å². The number of nitrogens with one attached hydrogen (secondary N) is 1. The topological polar surface area (TPSA) is 82.6 Å². The summed E-state index contributed by atoms with van der Waals surface area (Å²) in [5, 5.41) is 3.59. The van der Waals surface area contributed by atoms with Crippen molar-refractivity contribution in [1.29, 1.82) is 0 Å². The minimum atomic E-state index is -3.62. The van der Waals surface area contributed by atoms with Crippen LogP contribution in [0.15, 0.2) is 36.5 Å². The molecule has 0 bridgehead atoms. The fourth-order valence-electron chi connectivity index (χ4n) is 2.48. The Morgan fingerprint density at radius 2 is 1.92 bits per heavy atom. The van der Waals surface area contributed by atoms with E-state index in [0.717, 1.165) is 28.9 Å². The molecule has 8 heteroatoms. The van der Waals surface area contributed by atoms with Crippen molar-refractivity contribution in [2.75, 3.05) is 44.3 Å². The van der Waals surface area contributed by atoms with Crippen LogP contribution in [0.4, 0.5) is 5.69 Å². The van der Waals surface area contributed by atoms with Gasteiger partial charge in [0.25, 0.3) is 0 Å². The Hall–Kier alpha value is -2.19. The number of fused-ring (bicyclic) bond motifs is 1. The largest absolute Gasteiger partial charge is 0.354 e. The zero-order valence-corrected chi connectivity index (χ0v) is 15.6. The first-order valence-electron chi connectivity index (χ1n) is 8.02. The van der Waals surface area contributed by atoms with Crippen LogP contribution < -0.4 is 9.62 Å². The molecule has 0 saturated heterocycles. The van der Waals surface area contributed by atoms with Gasteiger partial charge in [0.1, 0.15) is 6.54 Å². The maximum absolute atomic E-state index is 12.2. The van der Waals surface area contributed by atoms with Crippen molar-refractivity contribution in [3.8, 4) is 0 Å². The Kier molecular flexibility index (Phi) is 6.33. The zero-order chi connectivity index (χ0) is 18.4. The summed E-state index contributed by atoms with van der Waals surface area (Å²) in [5.41, 5.74) is 0.958. The molecular formula is C17H24N4O3S. The van der Waals surface area contributed by atoms with E-state index in [1.807, 2.05) is 31.1 Å². The monoisotopic (exact) mass is 364 g/mol. The number of nitrogens with zero attached hydrogens (tertiary/aromatic N) is 3. The molecule has 0 fully saturated rings. The molecule has 0 spiro atoms. The summed E-state index contributed by atoms with van der Waals surface area (Å²) in [7, 11) is 0.294. The highest BCUT2D eigenvalue weighted by Crippen LogP contribution is 2.26. The minimum Gasteiger partial charge on any atom is -0.354 e. The molecule has 1 N–H and O–H groups in total.